The van der Waals surface area contributed by atoms with Crippen LogP contribution < -0.4 is 10.5 Å². The van der Waals surface area contributed by atoms with Gasteiger partial charge in [0.25, 0.3) is 0 Å². The summed E-state index contributed by atoms with van der Waals surface area (Å²) in [7, 11) is 1.65. The summed E-state index contributed by atoms with van der Waals surface area (Å²) >= 11 is 0. The van der Waals surface area contributed by atoms with E-state index in [2.05, 4.69) is 13.8 Å². The van der Waals surface area contributed by atoms with E-state index in [9.17, 15) is 4.79 Å². The molecule has 1 unspecified atom stereocenters. The monoisotopic (exact) mass is 357 g/mol. The number of carbonyl (C=O) groups is 1. The highest BCUT2D eigenvalue weighted by Gasteiger charge is 2.29. The molecule has 1 saturated heterocycles. The Bertz CT molecular complexity index is 771. The molecule has 1 aliphatic heterocycles. The largest absolute Gasteiger partial charge is 0.494 e. The molecule has 2 aromatic rings. The summed E-state index contributed by atoms with van der Waals surface area (Å²) < 4.78 is 7.40. The van der Waals surface area contributed by atoms with E-state index in [1.54, 1.807) is 12.0 Å². The predicted molar refractivity (Wildman–Crippen MR) is 99.6 cm³/mol. The van der Waals surface area contributed by atoms with Crippen molar-refractivity contribution in [1.29, 1.82) is 0 Å². The van der Waals surface area contributed by atoms with Crippen LogP contribution in [0.25, 0.3) is 5.69 Å². The second-order valence-corrected chi connectivity index (χ2v) is 7.19. The second kappa shape index (κ2) is 7.76. The van der Waals surface area contributed by atoms with Gasteiger partial charge in [-0.1, -0.05) is 26.0 Å². The third kappa shape index (κ3) is 3.81. The van der Waals surface area contributed by atoms with E-state index in [1.165, 1.54) is 0 Å². The van der Waals surface area contributed by atoms with Crippen LogP contribution in [0.4, 0.5) is 4.79 Å². The minimum absolute atomic E-state index is 0.106. The number of primary amides is 1. The number of rotatable bonds is 5. The molecule has 1 aromatic carbocycles. The van der Waals surface area contributed by atoms with E-state index in [0.717, 1.165) is 42.3 Å². The lowest BCUT2D eigenvalue weighted by molar-refractivity contribution is 0.187. The number of nitrogens with two attached hydrogens (primary N) is 1. The molecule has 0 saturated carbocycles. The highest BCUT2D eigenvalue weighted by Crippen LogP contribution is 2.30. The molecule has 1 aliphatic rings. The zero-order valence-electron chi connectivity index (χ0n) is 15.7. The number of nitrogens with zero attached hydrogens (tertiary/aromatic N) is 4. The van der Waals surface area contributed by atoms with Gasteiger partial charge in [-0.2, -0.15) is 5.10 Å². The van der Waals surface area contributed by atoms with Crippen molar-refractivity contribution in [3.63, 3.8) is 0 Å². The fourth-order valence-corrected chi connectivity index (χ4v) is 3.45. The maximum Gasteiger partial charge on any atom is 0.314 e. The van der Waals surface area contributed by atoms with Crippen LogP contribution in [0.3, 0.4) is 0 Å². The second-order valence-electron chi connectivity index (χ2n) is 7.19. The highest BCUT2D eigenvalue weighted by atomic mass is 16.5. The summed E-state index contributed by atoms with van der Waals surface area (Å²) in [5.41, 5.74) is 6.36. The fraction of sp³-hybridized carbons (Fsp3) is 0.526. The summed E-state index contributed by atoms with van der Waals surface area (Å²) in [5, 5.41) is 4.77. The first kappa shape index (κ1) is 18.2. The molecule has 1 fully saturated rings. The molecular formula is C19H27N5O2. The summed E-state index contributed by atoms with van der Waals surface area (Å²) in [6.45, 7) is 5.58. The van der Waals surface area contributed by atoms with Crippen molar-refractivity contribution < 1.29 is 9.53 Å². The molecule has 2 N–H and O–H groups in total. The summed E-state index contributed by atoms with van der Waals surface area (Å²) in [6, 6.07) is 7.41. The average molecular weight is 357 g/mol. The number of piperidine rings is 1. The van der Waals surface area contributed by atoms with Crippen LogP contribution in [0, 0.1) is 5.92 Å². The Balaban J connectivity index is 2.02. The molecule has 26 heavy (non-hydrogen) atoms. The topological polar surface area (TPSA) is 86.3 Å². The molecule has 0 aliphatic carbocycles. The van der Waals surface area contributed by atoms with Crippen molar-refractivity contribution in [3.05, 3.63) is 35.9 Å². The molecule has 140 valence electrons. The Morgan fingerprint density at radius 2 is 2.15 bits per heavy atom. The summed E-state index contributed by atoms with van der Waals surface area (Å²) in [4.78, 5) is 18.2. The number of carbonyl (C=O) groups excluding carboxylic acids is 1. The van der Waals surface area contributed by atoms with Crippen molar-refractivity contribution in [1.82, 2.24) is 19.7 Å². The van der Waals surface area contributed by atoms with Crippen molar-refractivity contribution >= 4 is 6.03 Å². The van der Waals surface area contributed by atoms with E-state index in [-0.39, 0.29) is 11.9 Å². The maximum atomic E-state index is 11.6. The number of amides is 2. The van der Waals surface area contributed by atoms with Crippen molar-refractivity contribution in [2.24, 2.45) is 11.7 Å². The number of benzene rings is 1. The number of methoxy groups -OCH3 is 1. The summed E-state index contributed by atoms with van der Waals surface area (Å²) in [5.74, 6) is 3.00. The Morgan fingerprint density at radius 3 is 2.85 bits per heavy atom. The number of aromatic nitrogens is 3. The quantitative estimate of drug-likeness (QED) is 0.891. The van der Waals surface area contributed by atoms with Gasteiger partial charge in [0.05, 0.1) is 7.11 Å². The lowest BCUT2D eigenvalue weighted by Gasteiger charge is -2.31. The zero-order valence-corrected chi connectivity index (χ0v) is 15.7. The van der Waals surface area contributed by atoms with Crippen LogP contribution in [0.1, 0.15) is 44.3 Å². The third-order valence-corrected chi connectivity index (χ3v) is 4.68. The number of likely N-dealkylation sites (tertiary alicyclic amines) is 1. The van der Waals surface area contributed by atoms with Gasteiger partial charge < -0.3 is 15.4 Å². The van der Waals surface area contributed by atoms with Crippen LogP contribution in [0.15, 0.2) is 24.3 Å². The van der Waals surface area contributed by atoms with E-state index >= 15 is 0 Å². The Kier molecular flexibility index (Phi) is 5.44. The number of ether oxygens (including phenoxy) is 1. The van der Waals surface area contributed by atoms with Gasteiger partial charge in [0.15, 0.2) is 5.82 Å². The van der Waals surface area contributed by atoms with Gasteiger partial charge in [-0.3, -0.25) is 0 Å². The molecule has 7 nitrogen and oxygen atoms in total. The molecule has 0 radical (unpaired) electrons. The van der Waals surface area contributed by atoms with Crippen molar-refractivity contribution in [2.75, 3.05) is 20.2 Å². The van der Waals surface area contributed by atoms with Crippen molar-refractivity contribution in [2.45, 2.75) is 39.0 Å². The first-order valence-corrected chi connectivity index (χ1v) is 9.13. The van der Waals surface area contributed by atoms with Crippen LogP contribution in [0.5, 0.6) is 5.75 Å². The van der Waals surface area contributed by atoms with Crippen molar-refractivity contribution in [3.8, 4) is 11.4 Å². The highest BCUT2D eigenvalue weighted by molar-refractivity contribution is 5.72. The minimum atomic E-state index is -0.375. The predicted octanol–water partition coefficient (Wildman–Crippen LogP) is 2.73. The van der Waals surface area contributed by atoms with Gasteiger partial charge in [0.1, 0.15) is 17.3 Å². The minimum Gasteiger partial charge on any atom is -0.494 e. The zero-order chi connectivity index (χ0) is 18.7. The standard InChI is InChI=1S/C19H27N5O2/c1-13(2)11-17-21-18(14-7-6-10-23(12-14)19(20)25)24(22-17)15-8-4-5-9-16(15)26-3/h4-5,8-9,13-14H,6-7,10-12H2,1-3H3,(H2,20,25). The molecule has 2 amide bonds. The maximum absolute atomic E-state index is 11.6. The van der Waals surface area contributed by atoms with Gasteiger partial charge >= 0.3 is 6.03 Å². The van der Waals surface area contributed by atoms with Crippen LogP contribution >= 0.6 is 0 Å². The lowest BCUT2D eigenvalue weighted by atomic mass is 9.97. The number of para-hydroxylation sites is 2. The van der Waals surface area contributed by atoms with E-state index in [0.29, 0.717) is 19.0 Å². The molecule has 3 rings (SSSR count). The molecule has 0 bridgehead atoms. The van der Waals surface area contributed by atoms with Crippen LogP contribution in [-0.2, 0) is 6.42 Å². The van der Waals surface area contributed by atoms with Gasteiger partial charge in [0, 0.05) is 25.4 Å². The fourth-order valence-electron chi connectivity index (χ4n) is 3.45. The number of hydrogen-bond acceptors (Lipinski definition) is 4. The Morgan fingerprint density at radius 1 is 1.38 bits per heavy atom. The van der Waals surface area contributed by atoms with Gasteiger partial charge in [-0.15, -0.1) is 0 Å². The molecule has 2 heterocycles. The summed E-state index contributed by atoms with van der Waals surface area (Å²) in [6.07, 6.45) is 2.67. The SMILES string of the molecule is COc1ccccc1-n1nc(CC(C)C)nc1C1CCCN(C(N)=O)C1. The lowest BCUT2D eigenvalue weighted by Crippen LogP contribution is -2.42. The first-order valence-electron chi connectivity index (χ1n) is 9.13. The van der Waals surface area contributed by atoms with Gasteiger partial charge in [-0.05, 0) is 30.9 Å². The molecule has 0 spiro atoms. The molecule has 1 atom stereocenters. The average Bonchev–Trinajstić information content (AvgIpc) is 3.04. The molecule has 1 aromatic heterocycles. The van der Waals surface area contributed by atoms with Gasteiger partial charge in [-0.25, -0.2) is 14.5 Å². The normalized spacial score (nSPS) is 17.5. The molecular weight excluding hydrogens is 330 g/mol. The van der Waals surface area contributed by atoms with Gasteiger partial charge in [0.2, 0.25) is 0 Å². The molecule has 7 heteroatoms. The Labute approximate surface area is 154 Å². The number of hydrogen-bond donors (Lipinski definition) is 1. The van der Waals surface area contributed by atoms with E-state index in [1.807, 2.05) is 28.9 Å². The van der Waals surface area contributed by atoms with Crippen LogP contribution in [-0.4, -0.2) is 45.9 Å². The van der Waals surface area contributed by atoms with Crippen LogP contribution in [0.2, 0.25) is 0 Å². The smallest absolute Gasteiger partial charge is 0.314 e. The van der Waals surface area contributed by atoms with E-state index in [4.69, 9.17) is 20.6 Å². The first-order chi connectivity index (χ1) is 12.5. The number of urea groups is 1. The third-order valence-electron chi connectivity index (χ3n) is 4.68. The Hall–Kier alpha value is -2.57. The van der Waals surface area contributed by atoms with E-state index < -0.39 is 0 Å².